The number of hydrogen-bond acceptors (Lipinski definition) is 5. The molecular formula is C32H29N3O4. The number of carbonyl (C=O) groups excluding carboxylic acids is 1. The van der Waals surface area contributed by atoms with Crippen LogP contribution in [-0.4, -0.2) is 27.6 Å². The van der Waals surface area contributed by atoms with E-state index in [1.54, 1.807) is 6.20 Å². The van der Waals surface area contributed by atoms with Crippen LogP contribution in [0.4, 0.5) is 0 Å². The van der Waals surface area contributed by atoms with E-state index in [0.29, 0.717) is 25.3 Å². The zero-order valence-electron chi connectivity index (χ0n) is 21.9. The number of fused-ring (bicyclic) bond motifs is 2. The van der Waals surface area contributed by atoms with Gasteiger partial charge in [0.1, 0.15) is 12.4 Å². The molecule has 0 saturated heterocycles. The SMILES string of the molecule is Cc1[nH]c2c(C(=O)N(Cc3cccc(OCc4ccc5c(c4)OCO5)c3)Cc3ccccn3)cccc2c1C. The molecule has 2 aromatic heterocycles. The van der Waals surface area contributed by atoms with Gasteiger partial charge in [-0.2, -0.15) is 0 Å². The highest BCUT2D eigenvalue weighted by Crippen LogP contribution is 2.33. The third-order valence-corrected chi connectivity index (χ3v) is 7.05. The van der Waals surface area contributed by atoms with E-state index in [-0.39, 0.29) is 12.7 Å². The number of para-hydroxylation sites is 1. The molecule has 39 heavy (non-hydrogen) atoms. The van der Waals surface area contributed by atoms with Crippen LogP contribution in [-0.2, 0) is 19.7 Å². The Balaban J connectivity index is 1.25. The van der Waals surface area contributed by atoms with Gasteiger partial charge in [0.25, 0.3) is 5.91 Å². The summed E-state index contributed by atoms with van der Waals surface area (Å²) in [6, 6.07) is 25.3. The summed E-state index contributed by atoms with van der Waals surface area (Å²) in [7, 11) is 0. The van der Waals surface area contributed by atoms with Crippen molar-refractivity contribution in [2.75, 3.05) is 6.79 Å². The van der Waals surface area contributed by atoms with Crippen molar-refractivity contribution < 1.29 is 19.0 Å². The maximum Gasteiger partial charge on any atom is 0.256 e. The first kappa shape index (κ1) is 24.6. The molecule has 0 saturated carbocycles. The summed E-state index contributed by atoms with van der Waals surface area (Å²) in [5.41, 5.74) is 6.51. The zero-order valence-corrected chi connectivity index (χ0v) is 21.9. The van der Waals surface area contributed by atoms with Crippen LogP contribution >= 0.6 is 0 Å². The lowest BCUT2D eigenvalue weighted by atomic mass is 10.1. The Bertz CT molecular complexity index is 1640. The molecule has 5 aromatic rings. The quantitative estimate of drug-likeness (QED) is 0.259. The van der Waals surface area contributed by atoms with Crippen molar-refractivity contribution in [3.63, 3.8) is 0 Å². The zero-order chi connectivity index (χ0) is 26.8. The molecule has 1 aliphatic rings. The highest BCUT2D eigenvalue weighted by Gasteiger charge is 2.21. The molecule has 0 bridgehead atoms. The van der Waals surface area contributed by atoms with Crippen LogP contribution in [0.25, 0.3) is 10.9 Å². The molecule has 7 heteroatoms. The Labute approximate surface area is 227 Å². The van der Waals surface area contributed by atoms with Gasteiger partial charge in [0.15, 0.2) is 11.5 Å². The average molecular weight is 520 g/mol. The van der Waals surface area contributed by atoms with Crippen LogP contribution in [0.15, 0.2) is 85.1 Å². The second kappa shape index (κ2) is 10.5. The number of benzene rings is 3. The predicted molar refractivity (Wildman–Crippen MR) is 149 cm³/mol. The second-order valence-corrected chi connectivity index (χ2v) is 9.71. The molecule has 6 rings (SSSR count). The fourth-order valence-electron chi connectivity index (χ4n) is 4.87. The van der Waals surface area contributed by atoms with Crippen LogP contribution in [0.3, 0.4) is 0 Å². The van der Waals surface area contributed by atoms with E-state index in [4.69, 9.17) is 14.2 Å². The molecule has 196 valence electrons. The number of aryl methyl sites for hydroxylation is 2. The average Bonchev–Trinajstić information content (AvgIpc) is 3.55. The number of aromatic nitrogens is 2. The standard InChI is InChI=1S/C32H29N3O4/c1-21-22(2)34-31-27(21)10-6-11-28(31)32(36)35(18-25-8-3-4-14-33-25)17-23-7-5-9-26(15-23)37-19-24-12-13-29-30(16-24)39-20-38-29/h3-16,34H,17-20H2,1-2H3. The number of rotatable bonds is 8. The molecule has 1 aliphatic heterocycles. The summed E-state index contributed by atoms with van der Waals surface area (Å²) < 4.78 is 17.0. The number of nitrogens with one attached hydrogen (secondary N) is 1. The highest BCUT2D eigenvalue weighted by atomic mass is 16.7. The minimum absolute atomic E-state index is 0.0563. The first-order valence-electron chi connectivity index (χ1n) is 12.9. The summed E-state index contributed by atoms with van der Waals surface area (Å²) in [5, 5.41) is 1.06. The number of amides is 1. The normalized spacial score (nSPS) is 12.1. The second-order valence-electron chi connectivity index (χ2n) is 9.71. The molecule has 3 aromatic carbocycles. The number of ether oxygens (including phenoxy) is 3. The summed E-state index contributed by atoms with van der Waals surface area (Å²) >= 11 is 0. The first-order chi connectivity index (χ1) is 19.0. The maximum atomic E-state index is 14.0. The lowest BCUT2D eigenvalue weighted by Gasteiger charge is -2.23. The van der Waals surface area contributed by atoms with Gasteiger partial charge in [-0.15, -0.1) is 0 Å². The van der Waals surface area contributed by atoms with Crippen molar-refractivity contribution in [1.29, 1.82) is 0 Å². The number of hydrogen-bond donors (Lipinski definition) is 1. The number of nitrogens with zero attached hydrogens (tertiary/aromatic N) is 2. The third kappa shape index (κ3) is 5.16. The van der Waals surface area contributed by atoms with E-state index in [1.807, 2.05) is 84.6 Å². The van der Waals surface area contributed by atoms with Gasteiger partial charge >= 0.3 is 0 Å². The molecule has 0 unspecified atom stereocenters. The molecule has 7 nitrogen and oxygen atoms in total. The number of H-pyrrole nitrogens is 1. The van der Waals surface area contributed by atoms with E-state index in [9.17, 15) is 4.79 Å². The molecule has 0 atom stereocenters. The smallest absolute Gasteiger partial charge is 0.256 e. The first-order valence-corrected chi connectivity index (χ1v) is 12.9. The summed E-state index contributed by atoms with van der Waals surface area (Å²) in [6.07, 6.45) is 1.75. The van der Waals surface area contributed by atoms with Gasteiger partial charge in [-0.1, -0.05) is 36.4 Å². The number of pyridine rings is 1. The Hall–Kier alpha value is -4.78. The summed E-state index contributed by atoms with van der Waals surface area (Å²) in [6.45, 7) is 5.54. The molecule has 0 radical (unpaired) electrons. The van der Waals surface area contributed by atoms with Crippen LogP contribution < -0.4 is 14.2 Å². The largest absolute Gasteiger partial charge is 0.489 e. The van der Waals surface area contributed by atoms with Crippen molar-refractivity contribution in [1.82, 2.24) is 14.9 Å². The van der Waals surface area contributed by atoms with Crippen LogP contribution in [0, 0.1) is 13.8 Å². The van der Waals surface area contributed by atoms with Gasteiger partial charge in [-0.25, -0.2) is 0 Å². The molecule has 1 amide bonds. The maximum absolute atomic E-state index is 14.0. The van der Waals surface area contributed by atoms with Gasteiger partial charge in [0.05, 0.1) is 23.3 Å². The van der Waals surface area contributed by atoms with Crippen molar-refractivity contribution in [2.24, 2.45) is 0 Å². The molecular weight excluding hydrogens is 490 g/mol. The van der Waals surface area contributed by atoms with Gasteiger partial charge in [0, 0.05) is 23.8 Å². The van der Waals surface area contributed by atoms with Gasteiger partial charge in [0.2, 0.25) is 6.79 Å². The van der Waals surface area contributed by atoms with Crippen molar-refractivity contribution in [3.8, 4) is 17.2 Å². The van der Waals surface area contributed by atoms with Crippen LogP contribution in [0.1, 0.15) is 38.4 Å². The summed E-state index contributed by atoms with van der Waals surface area (Å²) in [4.78, 5) is 23.7. The Kier molecular flexibility index (Phi) is 6.63. The molecule has 0 spiro atoms. The minimum atomic E-state index is -0.0563. The van der Waals surface area contributed by atoms with E-state index < -0.39 is 0 Å². The van der Waals surface area contributed by atoms with Crippen LogP contribution in [0.2, 0.25) is 0 Å². The van der Waals surface area contributed by atoms with E-state index in [0.717, 1.165) is 56.2 Å². The van der Waals surface area contributed by atoms with Gasteiger partial charge in [-0.3, -0.25) is 9.78 Å². The number of aromatic amines is 1. The minimum Gasteiger partial charge on any atom is -0.489 e. The number of carbonyl (C=O) groups is 1. The van der Waals surface area contributed by atoms with Gasteiger partial charge in [-0.05, 0) is 73.0 Å². The Morgan fingerprint density at radius 2 is 1.79 bits per heavy atom. The topological polar surface area (TPSA) is 76.7 Å². The van der Waals surface area contributed by atoms with E-state index in [1.165, 1.54) is 0 Å². The van der Waals surface area contributed by atoms with Crippen molar-refractivity contribution in [3.05, 3.63) is 119 Å². The van der Waals surface area contributed by atoms with Crippen LogP contribution in [0.5, 0.6) is 17.2 Å². The lowest BCUT2D eigenvalue weighted by Crippen LogP contribution is -2.30. The van der Waals surface area contributed by atoms with Gasteiger partial charge < -0.3 is 24.1 Å². The summed E-state index contributed by atoms with van der Waals surface area (Å²) in [5.74, 6) is 2.15. The molecule has 0 aliphatic carbocycles. The van der Waals surface area contributed by atoms with E-state index in [2.05, 4.69) is 23.0 Å². The fraction of sp³-hybridized carbons (Fsp3) is 0.188. The Morgan fingerprint density at radius 3 is 2.67 bits per heavy atom. The highest BCUT2D eigenvalue weighted by molar-refractivity contribution is 6.06. The van der Waals surface area contributed by atoms with Crippen molar-refractivity contribution in [2.45, 2.75) is 33.5 Å². The molecule has 3 heterocycles. The fourth-order valence-corrected chi connectivity index (χ4v) is 4.87. The predicted octanol–water partition coefficient (Wildman–Crippen LogP) is 6.33. The molecule has 0 fully saturated rings. The van der Waals surface area contributed by atoms with E-state index >= 15 is 0 Å². The third-order valence-electron chi connectivity index (χ3n) is 7.05. The molecule has 1 N–H and O–H groups in total. The lowest BCUT2D eigenvalue weighted by molar-refractivity contribution is 0.0729. The Morgan fingerprint density at radius 1 is 0.923 bits per heavy atom. The van der Waals surface area contributed by atoms with Crippen molar-refractivity contribution >= 4 is 16.8 Å². The monoisotopic (exact) mass is 519 g/mol.